The van der Waals surface area contributed by atoms with Crippen LogP contribution >= 0.6 is 0 Å². The second-order valence-electron chi connectivity index (χ2n) is 4.71. The van der Waals surface area contributed by atoms with Gasteiger partial charge in [-0.25, -0.2) is 4.98 Å². The van der Waals surface area contributed by atoms with E-state index in [1.54, 1.807) is 0 Å². The Balaban J connectivity index is 1.92. The molecule has 1 fully saturated rings. The summed E-state index contributed by atoms with van der Waals surface area (Å²) < 4.78 is 11.3. The van der Waals surface area contributed by atoms with Gasteiger partial charge in [0.2, 0.25) is 0 Å². The molecule has 1 aliphatic heterocycles. The summed E-state index contributed by atoms with van der Waals surface area (Å²) in [5.41, 5.74) is 0. The molecule has 1 N–H and O–H groups in total. The average Bonchev–Trinajstić information content (AvgIpc) is 2.79. The molecule has 4 nitrogen and oxygen atoms in total. The van der Waals surface area contributed by atoms with Crippen LogP contribution in [0, 0.1) is 5.92 Å². The van der Waals surface area contributed by atoms with Crippen LogP contribution in [0.4, 0.5) is 0 Å². The fourth-order valence-electron chi connectivity index (χ4n) is 2.29. The summed E-state index contributed by atoms with van der Waals surface area (Å²) in [5.74, 6) is 2.88. The van der Waals surface area contributed by atoms with E-state index in [1.807, 2.05) is 6.20 Å². The van der Waals surface area contributed by atoms with Crippen LogP contribution in [0.1, 0.15) is 37.8 Å². The number of hydrogen-bond acceptors (Lipinski definition) is 4. The molecule has 96 valence electrons. The predicted octanol–water partition coefficient (Wildman–Crippen LogP) is 1.97. The van der Waals surface area contributed by atoms with Crippen LogP contribution in [-0.4, -0.2) is 31.3 Å². The Labute approximate surface area is 103 Å². The minimum absolute atomic E-state index is 0.476. The van der Waals surface area contributed by atoms with E-state index in [0.29, 0.717) is 11.8 Å². The maximum atomic E-state index is 5.83. The van der Waals surface area contributed by atoms with Gasteiger partial charge in [0.1, 0.15) is 5.76 Å². The van der Waals surface area contributed by atoms with Gasteiger partial charge in [-0.15, -0.1) is 0 Å². The van der Waals surface area contributed by atoms with Crippen molar-refractivity contribution in [2.24, 2.45) is 5.92 Å². The Hall–Kier alpha value is -0.870. The van der Waals surface area contributed by atoms with Gasteiger partial charge in [0.25, 0.3) is 0 Å². The van der Waals surface area contributed by atoms with Crippen LogP contribution in [0.5, 0.6) is 0 Å². The Morgan fingerprint density at radius 1 is 1.53 bits per heavy atom. The van der Waals surface area contributed by atoms with Gasteiger partial charge in [0, 0.05) is 32.1 Å². The van der Waals surface area contributed by atoms with Gasteiger partial charge in [-0.05, 0) is 18.9 Å². The summed E-state index contributed by atoms with van der Waals surface area (Å²) in [6.45, 7) is 7.90. The van der Waals surface area contributed by atoms with Crippen molar-refractivity contribution in [3.8, 4) is 0 Å². The second kappa shape index (κ2) is 6.17. The molecule has 1 saturated heterocycles. The lowest BCUT2D eigenvalue weighted by Crippen LogP contribution is -2.23. The molecule has 1 aromatic heterocycles. The van der Waals surface area contributed by atoms with Gasteiger partial charge in [-0.3, -0.25) is 0 Å². The maximum Gasteiger partial charge on any atom is 0.195 e. The lowest BCUT2D eigenvalue weighted by atomic mass is 9.88. The molecule has 2 atom stereocenters. The van der Waals surface area contributed by atoms with Crippen LogP contribution in [0.25, 0.3) is 0 Å². The van der Waals surface area contributed by atoms with E-state index in [4.69, 9.17) is 9.15 Å². The highest BCUT2D eigenvalue weighted by Crippen LogP contribution is 2.31. The van der Waals surface area contributed by atoms with E-state index in [1.165, 1.54) is 0 Å². The molecule has 4 heteroatoms. The smallest absolute Gasteiger partial charge is 0.195 e. The Bertz CT molecular complexity index is 338. The first-order valence-electron chi connectivity index (χ1n) is 6.54. The largest absolute Gasteiger partial charge is 0.445 e. The van der Waals surface area contributed by atoms with Gasteiger partial charge in [0.15, 0.2) is 5.89 Å². The summed E-state index contributed by atoms with van der Waals surface area (Å²) >= 11 is 0. The fourth-order valence-corrected chi connectivity index (χ4v) is 2.29. The van der Waals surface area contributed by atoms with Crippen molar-refractivity contribution in [3.05, 3.63) is 17.8 Å². The van der Waals surface area contributed by atoms with E-state index in [0.717, 1.165) is 50.8 Å². The zero-order chi connectivity index (χ0) is 12.1. The van der Waals surface area contributed by atoms with Crippen molar-refractivity contribution >= 4 is 0 Å². The lowest BCUT2D eigenvalue weighted by molar-refractivity contribution is 0.0418. The maximum absolute atomic E-state index is 5.83. The SMILES string of the molecule is CCNCCc1ncc(C2CCOCC2C)o1. The molecule has 1 aromatic rings. The lowest BCUT2D eigenvalue weighted by Gasteiger charge is -2.26. The highest BCUT2D eigenvalue weighted by molar-refractivity contribution is 5.04. The van der Waals surface area contributed by atoms with Gasteiger partial charge >= 0.3 is 0 Å². The third-order valence-corrected chi connectivity index (χ3v) is 3.34. The molecule has 0 radical (unpaired) electrons. The number of nitrogens with one attached hydrogen (secondary N) is 1. The normalized spacial score (nSPS) is 25.1. The van der Waals surface area contributed by atoms with E-state index in [9.17, 15) is 0 Å². The Morgan fingerprint density at radius 2 is 2.41 bits per heavy atom. The predicted molar refractivity (Wildman–Crippen MR) is 66.1 cm³/mol. The molecule has 0 amide bonds. The number of oxazole rings is 1. The van der Waals surface area contributed by atoms with Crippen LogP contribution in [-0.2, 0) is 11.2 Å². The van der Waals surface area contributed by atoms with Crippen molar-refractivity contribution in [1.29, 1.82) is 0 Å². The van der Waals surface area contributed by atoms with Crippen molar-refractivity contribution in [2.75, 3.05) is 26.3 Å². The molecule has 0 aromatic carbocycles. The first kappa shape index (κ1) is 12.6. The minimum Gasteiger partial charge on any atom is -0.445 e. The monoisotopic (exact) mass is 238 g/mol. The fraction of sp³-hybridized carbons (Fsp3) is 0.769. The van der Waals surface area contributed by atoms with Gasteiger partial charge in [-0.1, -0.05) is 13.8 Å². The highest BCUT2D eigenvalue weighted by Gasteiger charge is 2.26. The molecule has 2 heterocycles. The molecule has 0 spiro atoms. The van der Waals surface area contributed by atoms with Crippen molar-refractivity contribution in [1.82, 2.24) is 10.3 Å². The summed E-state index contributed by atoms with van der Waals surface area (Å²) in [6, 6.07) is 0. The Kier molecular flexibility index (Phi) is 4.57. The number of rotatable bonds is 5. The quantitative estimate of drug-likeness (QED) is 0.797. The van der Waals surface area contributed by atoms with Crippen molar-refractivity contribution in [2.45, 2.75) is 32.6 Å². The zero-order valence-corrected chi connectivity index (χ0v) is 10.7. The molecule has 1 aliphatic rings. The molecule has 0 bridgehead atoms. The molecule has 0 aliphatic carbocycles. The van der Waals surface area contributed by atoms with Gasteiger partial charge in [-0.2, -0.15) is 0 Å². The van der Waals surface area contributed by atoms with Crippen LogP contribution in [0.2, 0.25) is 0 Å². The van der Waals surface area contributed by atoms with E-state index in [2.05, 4.69) is 24.1 Å². The summed E-state index contributed by atoms with van der Waals surface area (Å²) in [5, 5.41) is 3.27. The summed E-state index contributed by atoms with van der Waals surface area (Å²) in [7, 11) is 0. The second-order valence-corrected chi connectivity index (χ2v) is 4.71. The van der Waals surface area contributed by atoms with Crippen molar-refractivity contribution < 1.29 is 9.15 Å². The topological polar surface area (TPSA) is 47.3 Å². The van der Waals surface area contributed by atoms with Gasteiger partial charge in [0.05, 0.1) is 6.20 Å². The summed E-state index contributed by atoms with van der Waals surface area (Å²) in [4.78, 5) is 4.35. The van der Waals surface area contributed by atoms with Crippen LogP contribution in [0.15, 0.2) is 10.6 Å². The standard InChI is InChI=1S/C13H22N2O2/c1-3-14-6-4-13-15-8-12(17-13)11-5-7-16-9-10(11)2/h8,10-11,14H,3-7,9H2,1-2H3. The molecule has 0 saturated carbocycles. The Morgan fingerprint density at radius 3 is 3.18 bits per heavy atom. The zero-order valence-electron chi connectivity index (χ0n) is 10.7. The van der Waals surface area contributed by atoms with Crippen LogP contribution < -0.4 is 5.32 Å². The van der Waals surface area contributed by atoms with E-state index < -0.39 is 0 Å². The third kappa shape index (κ3) is 3.30. The number of hydrogen-bond donors (Lipinski definition) is 1. The van der Waals surface area contributed by atoms with Crippen molar-refractivity contribution in [3.63, 3.8) is 0 Å². The van der Waals surface area contributed by atoms with E-state index >= 15 is 0 Å². The van der Waals surface area contributed by atoms with Gasteiger partial charge < -0.3 is 14.5 Å². The third-order valence-electron chi connectivity index (χ3n) is 3.34. The average molecular weight is 238 g/mol. The first-order chi connectivity index (χ1) is 8.31. The minimum atomic E-state index is 0.476. The molecular formula is C13H22N2O2. The molecular weight excluding hydrogens is 216 g/mol. The molecule has 2 unspecified atom stereocenters. The number of aromatic nitrogens is 1. The molecule has 2 rings (SSSR count). The molecule has 17 heavy (non-hydrogen) atoms. The summed E-state index contributed by atoms with van der Waals surface area (Å²) in [6.07, 6.45) is 3.81. The highest BCUT2D eigenvalue weighted by atomic mass is 16.5. The number of nitrogens with zero attached hydrogens (tertiary/aromatic N) is 1. The van der Waals surface area contributed by atoms with E-state index in [-0.39, 0.29) is 0 Å². The number of likely N-dealkylation sites (N-methyl/N-ethyl adjacent to an activating group) is 1. The number of ether oxygens (including phenoxy) is 1. The van der Waals surface area contributed by atoms with Crippen LogP contribution in [0.3, 0.4) is 0 Å². The first-order valence-corrected chi connectivity index (χ1v) is 6.54.